The molecule has 4 heteroatoms. The Labute approximate surface area is 108 Å². The largest absolute Gasteiger partial charge is 0.494 e. The SMILES string of the molecule is CCOc1cccc(C2C(N)CCC(=O)N2C)c1. The van der Waals surface area contributed by atoms with Crippen LogP contribution in [0.15, 0.2) is 24.3 Å². The lowest BCUT2D eigenvalue weighted by atomic mass is 9.91. The van der Waals surface area contributed by atoms with Gasteiger partial charge in [-0.25, -0.2) is 0 Å². The first-order valence-electron chi connectivity index (χ1n) is 6.37. The van der Waals surface area contributed by atoms with Gasteiger partial charge in [-0.1, -0.05) is 12.1 Å². The average molecular weight is 248 g/mol. The fraction of sp³-hybridized carbons (Fsp3) is 0.500. The van der Waals surface area contributed by atoms with Crippen LogP contribution < -0.4 is 10.5 Å². The zero-order valence-electron chi connectivity index (χ0n) is 10.9. The molecule has 0 bridgehead atoms. The predicted molar refractivity (Wildman–Crippen MR) is 70.3 cm³/mol. The standard InChI is InChI=1S/C14H20N2O2/c1-3-18-11-6-4-5-10(9-11)14-12(15)7-8-13(17)16(14)2/h4-6,9,12,14H,3,7-8,15H2,1-2H3. The second kappa shape index (κ2) is 5.40. The molecule has 0 spiro atoms. The summed E-state index contributed by atoms with van der Waals surface area (Å²) in [6.45, 7) is 2.59. The summed E-state index contributed by atoms with van der Waals surface area (Å²) in [5.41, 5.74) is 7.20. The number of benzene rings is 1. The molecule has 1 fully saturated rings. The first-order valence-corrected chi connectivity index (χ1v) is 6.37. The van der Waals surface area contributed by atoms with E-state index in [2.05, 4.69) is 0 Å². The Kier molecular flexibility index (Phi) is 3.87. The van der Waals surface area contributed by atoms with Crippen LogP contribution in [0.25, 0.3) is 0 Å². The van der Waals surface area contributed by atoms with E-state index in [1.807, 2.05) is 38.2 Å². The van der Waals surface area contributed by atoms with E-state index in [9.17, 15) is 4.79 Å². The fourth-order valence-electron chi connectivity index (χ4n) is 2.49. The summed E-state index contributed by atoms with van der Waals surface area (Å²) in [4.78, 5) is 13.5. The van der Waals surface area contributed by atoms with E-state index in [0.29, 0.717) is 13.0 Å². The maximum atomic E-state index is 11.8. The first-order chi connectivity index (χ1) is 8.63. The summed E-state index contributed by atoms with van der Waals surface area (Å²) in [6.07, 6.45) is 1.28. The van der Waals surface area contributed by atoms with Gasteiger partial charge < -0.3 is 15.4 Å². The number of hydrogen-bond acceptors (Lipinski definition) is 3. The van der Waals surface area contributed by atoms with Crippen LogP contribution in [0.1, 0.15) is 31.4 Å². The lowest BCUT2D eigenvalue weighted by molar-refractivity contribution is -0.135. The molecule has 0 radical (unpaired) electrons. The topological polar surface area (TPSA) is 55.6 Å². The molecule has 1 aliphatic heterocycles. The lowest BCUT2D eigenvalue weighted by Crippen LogP contribution is -2.46. The van der Waals surface area contributed by atoms with Crippen molar-refractivity contribution in [1.29, 1.82) is 0 Å². The number of likely N-dealkylation sites (N-methyl/N-ethyl adjacent to an activating group) is 1. The van der Waals surface area contributed by atoms with Crippen molar-refractivity contribution in [2.45, 2.75) is 31.8 Å². The summed E-state index contributed by atoms with van der Waals surface area (Å²) < 4.78 is 5.49. The third-order valence-corrected chi connectivity index (χ3v) is 3.42. The zero-order valence-corrected chi connectivity index (χ0v) is 10.9. The highest BCUT2D eigenvalue weighted by Crippen LogP contribution is 2.31. The highest BCUT2D eigenvalue weighted by atomic mass is 16.5. The van der Waals surface area contributed by atoms with Crippen LogP contribution in [0.2, 0.25) is 0 Å². The second-order valence-corrected chi connectivity index (χ2v) is 4.66. The van der Waals surface area contributed by atoms with Crippen LogP contribution in [0, 0.1) is 0 Å². The summed E-state index contributed by atoms with van der Waals surface area (Å²) in [5.74, 6) is 0.983. The molecule has 0 saturated carbocycles. The Morgan fingerprint density at radius 3 is 3.00 bits per heavy atom. The number of carbonyl (C=O) groups is 1. The van der Waals surface area contributed by atoms with Crippen LogP contribution in [0.3, 0.4) is 0 Å². The van der Waals surface area contributed by atoms with Gasteiger partial charge in [-0.15, -0.1) is 0 Å². The van der Waals surface area contributed by atoms with Crippen molar-refractivity contribution in [1.82, 2.24) is 4.90 Å². The number of rotatable bonds is 3. The van der Waals surface area contributed by atoms with E-state index in [-0.39, 0.29) is 18.0 Å². The lowest BCUT2D eigenvalue weighted by Gasteiger charge is -2.37. The number of carbonyl (C=O) groups excluding carboxylic acids is 1. The van der Waals surface area contributed by atoms with E-state index in [1.54, 1.807) is 4.90 Å². The third kappa shape index (κ3) is 2.48. The molecular weight excluding hydrogens is 228 g/mol. The Morgan fingerprint density at radius 2 is 2.28 bits per heavy atom. The van der Waals surface area contributed by atoms with Crippen molar-refractivity contribution in [3.05, 3.63) is 29.8 Å². The molecular formula is C14H20N2O2. The number of nitrogens with zero attached hydrogens (tertiary/aromatic N) is 1. The number of amides is 1. The molecule has 1 aromatic carbocycles. The van der Waals surface area contributed by atoms with Crippen LogP contribution in [-0.4, -0.2) is 30.5 Å². The third-order valence-electron chi connectivity index (χ3n) is 3.42. The molecule has 1 heterocycles. The molecule has 0 aromatic heterocycles. The maximum Gasteiger partial charge on any atom is 0.222 e. The Balaban J connectivity index is 2.27. The number of likely N-dealkylation sites (tertiary alicyclic amines) is 1. The minimum Gasteiger partial charge on any atom is -0.494 e. The van der Waals surface area contributed by atoms with Crippen molar-refractivity contribution >= 4 is 5.91 Å². The Hall–Kier alpha value is -1.55. The predicted octanol–water partition coefficient (Wildman–Crippen LogP) is 1.71. The van der Waals surface area contributed by atoms with Crippen LogP contribution in [0.4, 0.5) is 0 Å². The van der Waals surface area contributed by atoms with Gasteiger partial charge in [-0.05, 0) is 31.0 Å². The van der Waals surface area contributed by atoms with Crippen LogP contribution >= 0.6 is 0 Å². The first kappa shape index (κ1) is 12.9. The normalized spacial score (nSPS) is 24.2. The molecule has 4 nitrogen and oxygen atoms in total. The number of piperidine rings is 1. The van der Waals surface area contributed by atoms with Crippen molar-refractivity contribution in [2.24, 2.45) is 5.73 Å². The second-order valence-electron chi connectivity index (χ2n) is 4.66. The molecule has 98 valence electrons. The molecule has 2 rings (SSSR count). The summed E-state index contributed by atoms with van der Waals surface area (Å²) in [5, 5.41) is 0. The fourth-order valence-corrected chi connectivity index (χ4v) is 2.49. The van der Waals surface area contributed by atoms with Gasteiger partial charge in [-0.2, -0.15) is 0 Å². The molecule has 1 aliphatic rings. The molecule has 1 aromatic rings. The highest BCUT2D eigenvalue weighted by Gasteiger charge is 2.32. The zero-order chi connectivity index (χ0) is 13.1. The average Bonchev–Trinajstić information content (AvgIpc) is 2.35. The van der Waals surface area contributed by atoms with E-state index >= 15 is 0 Å². The number of hydrogen-bond donors (Lipinski definition) is 1. The van der Waals surface area contributed by atoms with Crippen molar-refractivity contribution in [3.8, 4) is 5.75 Å². The van der Waals surface area contributed by atoms with Crippen molar-refractivity contribution in [2.75, 3.05) is 13.7 Å². The molecule has 2 atom stereocenters. The molecule has 2 N–H and O–H groups in total. The molecule has 0 aliphatic carbocycles. The summed E-state index contributed by atoms with van der Waals surface area (Å²) >= 11 is 0. The maximum absolute atomic E-state index is 11.8. The minimum absolute atomic E-state index is 0.00965. The minimum atomic E-state index is -0.0494. The number of nitrogens with two attached hydrogens (primary N) is 1. The van der Waals surface area contributed by atoms with Crippen LogP contribution in [-0.2, 0) is 4.79 Å². The highest BCUT2D eigenvalue weighted by molar-refractivity contribution is 5.77. The van der Waals surface area contributed by atoms with E-state index in [4.69, 9.17) is 10.5 Å². The van der Waals surface area contributed by atoms with Crippen molar-refractivity contribution < 1.29 is 9.53 Å². The van der Waals surface area contributed by atoms with E-state index in [0.717, 1.165) is 17.7 Å². The Bertz CT molecular complexity index is 434. The summed E-state index contributed by atoms with van der Waals surface area (Å²) in [7, 11) is 1.82. The van der Waals surface area contributed by atoms with Crippen LogP contribution in [0.5, 0.6) is 5.75 Å². The smallest absolute Gasteiger partial charge is 0.222 e. The van der Waals surface area contributed by atoms with Gasteiger partial charge in [0.15, 0.2) is 0 Å². The van der Waals surface area contributed by atoms with E-state index < -0.39 is 0 Å². The van der Waals surface area contributed by atoms with E-state index in [1.165, 1.54) is 0 Å². The monoisotopic (exact) mass is 248 g/mol. The van der Waals surface area contributed by atoms with Gasteiger partial charge in [-0.3, -0.25) is 4.79 Å². The van der Waals surface area contributed by atoms with Gasteiger partial charge in [0.05, 0.1) is 12.6 Å². The van der Waals surface area contributed by atoms with Crippen molar-refractivity contribution in [3.63, 3.8) is 0 Å². The molecule has 1 saturated heterocycles. The van der Waals surface area contributed by atoms with Gasteiger partial charge >= 0.3 is 0 Å². The van der Waals surface area contributed by atoms with Gasteiger partial charge in [0.1, 0.15) is 5.75 Å². The molecule has 2 unspecified atom stereocenters. The van der Waals surface area contributed by atoms with Gasteiger partial charge in [0, 0.05) is 19.5 Å². The van der Waals surface area contributed by atoms with Gasteiger partial charge in [0.25, 0.3) is 0 Å². The molecule has 18 heavy (non-hydrogen) atoms. The quantitative estimate of drug-likeness (QED) is 0.886. The number of ether oxygens (including phenoxy) is 1. The Morgan fingerprint density at radius 1 is 1.50 bits per heavy atom. The molecule has 1 amide bonds. The summed E-state index contributed by atoms with van der Waals surface area (Å²) in [6, 6.07) is 7.78. The van der Waals surface area contributed by atoms with Gasteiger partial charge in [0.2, 0.25) is 5.91 Å².